The van der Waals surface area contributed by atoms with E-state index in [0.717, 1.165) is 26.2 Å². The summed E-state index contributed by atoms with van der Waals surface area (Å²) in [6.07, 6.45) is 4.81. The van der Waals surface area contributed by atoms with E-state index >= 15 is 0 Å². The number of nitrogens with one attached hydrogen (secondary N) is 2. The summed E-state index contributed by atoms with van der Waals surface area (Å²) in [6, 6.07) is 20.0. The van der Waals surface area contributed by atoms with Gasteiger partial charge in [-0.3, -0.25) is 0 Å². The number of aromatic nitrogens is 1. The minimum absolute atomic E-state index is 0.624. The van der Waals surface area contributed by atoms with E-state index < -0.39 is 0 Å². The van der Waals surface area contributed by atoms with Crippen molar-refractivity contribution in [3.63, 3.8) is 0 Å². The van der Waals surface area contributed by atoms with Crippen LogP contribution in [0.15, 0.2) is 60.8 Å². The van der Waals surface area contributed by atoms with Crippen molar-refractivity contribution in [1.82, 2.24) is 15.2 Å². The Kier molecular flexibility index (Phi) is 4.63. The van der Waals surface area contributed by atoms with Crippen LogP contribution in [0.1, 0.15) is 30.0 Å². The summed E-state index contributed by atoms with van der Waals surface area (Å²) >= 11 is 0. The standard InChI is InChI=1S/C21H25N3/c1-2-6-17(7-3-1)14-23-15-18-16-24(19-10-12-22-13-11-19)21-9-5-4-8-20(18)21/h1-9,16,19,22-23H,10-15H2. The van der Waals surface area contributed by atoms with Gasteiger partial charge in [-0.25, -0.2) is 0 Å². The lowest BCUT2D eigenvalue weighted by atomic mass is 10.1. The molecule has 0 unspecified atom stereocenters. The molecular weight excluding hydrogens is 294 g/mol. The Hall–Kier alpha value is -2.10. The second-order valence-electron chi connectivity index (χ2n) is 6.65. The summed E-state index contributed by atoms with van der Waals surface area (Å²) in [4.78, 5) is 0. The molecule has 3 aromatic rings. The summed E-state index contributed by atoms with van der Waals surface area (Å²) < 4.78 is 2.51. The number of nitrogens with zero attached hydrogens (tertiary/aromatic N) is 1. The summed E-state index contributed by atoms with van der Waals surface area (Å²) in [7, 11) is 0. The molecule has 1 fully saturated rings. The van der Waals surface area contributed by atoms with E-state index in [1.54, 1.807) is 0 Å². The third kappa shape index (κ3) is 3.23. The van der Waals surface area contributed by atoms with Crippen LogP contribution in [0.25, 0.3) is 10.9 Å². The molecule has 2 aromatic carbocycles. The molecule has 0 amide bonds. The Balaban J connectivity index is 1.54. The molecule has 0 aliphatic carbocycles. The van der Waals surface area contributed by atoms with E-state index in [2.05, 4.69) is 76.0 Å². The lowest BCUT2D eigenvalue weighted by Gasteiger charge is -2.25. The van der Waals surface area contributed by atoms with Crippen molar-refractivity contribution in [2.24, 2.45) is 0 Å². The summed E-state index contributed by atoms with van der Waals surface area (Å²) in [5.74, 6) is 0. The van der Waals surface area contributed by atoms with Gasteiger partial charge in [-0.1, -0.05) is 48.5 Å². The van der Waals surface area contributed by atoms with Crippen molar-refractivity contribution >= 4 is 10.9 Å². The summed E-state index contributed by atoms with van der Waals surface area (Å²) in [5.41, 5.74) is 4.11. The first-order valence-electron chi connectivity index (χ1n) is 8.95. The van der Waals surface area contributed by atoms with Gasteiger partial charge in [0.25, 0.3) is 0 Å². The molecule has 2 N–H and O–H groups in total. The number of hydrogen-bond acceptors (Lipinski definition) is 2. The number of benzene rings is 2. The molecule has 4 rings (SSSR count). The zero-order valence-corrected chi connectivity index (χ0v) is 14.0. The first-order chi connectivity index (χ1) is 11.9. The van der Waals surface area contributed by atoms with Crippen molar-refractivity contribution < 1.29 is 0 Å². The van der Waals surface area contributed by atoms with Crippen LogP contribution in [0, 0.1) is 0 Å². The maximum absolute atomic E-state index is 3.60. The molecule has 124 valence electrons. The minimum Gasteiger partial charge on any atom is -0.344 e. The van der Waals surface area contributed by atoms with Crippen molar-refractivity contribution in [3.8, 4) is 0 Å². The lowest BCUT2D eigenvalue weighted by molar-refractivity contribution is 0.375. The molecule has 2 heterocycles. The van der Waals surface area contributed by atoms with Crippen molar-refractivity contribution in [1.29, 1.82) is 0 Å². The second kappa shape index (κ2) is 7.20. The van der Waals surface area contributed by atoms with Gasteiger partial charge in [0.15, 0.2) is 0 Å². The zero-order chi connectivity index (χ0) is 16.2. The van der Waals surface area contributed by atoms with Crippen LogP contribution in [-0.4, -0.2) is 17.7 Å². The smallest absolute Gasteiger partial charge is 0.0486 e. The number of fused-ring (bicyclic) bond motifs is 1. The van der Waals surface area contributed by atoms with Gasteiger partial charge in [-0.05, 0) is 43.1 Å². The Labute approximate surface area is 143 Å². The molecule has 1 saturated heterocycles. The van der Waals surface area contributed by atoms with Crippen molar-refractivity contribution in [2.45, 2.75) is 32.0 Å². The molecule has 24 heavy (non-hydrogen) atoms. The van der Waals surface area contributed by atoms with Crippen LogP contribution < -0.4 is 10.6 Å². The van der Waals surface area contributed by atoms with Gasteiger partial charge in [-0.15, -0.1) is 0 Å². The topological polar surface area (TPSA) is 29.0 Å². The third-order valence-corrected chi connectivity index (χ3v) is 5.01. The summed E-state index contributed by atoms with van der Waals surface area (Å²) in [6.45, 7) is 4.07. The number of para-hydroxylation sites is 1. The van der Waals surface area contributed by atoms with Crippen LogP contribution in [0.4, 0.5) is 0 Å². The van der Waals surface area contributed by atoms with Gasteiger partial charge in [0.05, 0.1) is 0 Å². The first kappa shape index (κ1) is 15.4. The third-order valence-electron chi connectivity index (χ3n) is 5.01. The second-order valence-corrected chi connectivity index (χ2v) is 6.65. The first-order valence-corrected chi connectivity index (χ1v) is 8.95. The average Bonchev–Trinajstić information content (AvgIpc) is 3.02. The van der Waals surface area contributed by atoms with E-state index in [9.17, 15) is 0 Å². The monoisotopic (exact) mass is 319 g/mol. The molecule has 3 heteroatoms. The van der Waals surface area contributed by atoms with Crippen molar-refractivity contribution in [3.05, 3.63) is 71.9 Å². The zero-order valence-electron chi connectivity index (χ0n) is 14.0. The highest BCUT2D eigenvalue weighted by Crippen LogP contribution is 2.28. The van der Waals surface area contributed by atoms with Gasteiger partial charge in [0.2, 0.25) is 0 Å². The lowest BCUT2D eigenvalue weighted by Crippen LogP contribution is -2.29. The van der Waals surface area contributed by atoms with Crippen LogP contribution in [0.2, 0.25) is 0 Å². The molecule has 1 aliphatic heterocycles. The Morgan fingerprint density at radius 1 is 0.917 bits per heavy atom. The van der Waals surface area contributed by atoms with Gasteiger partial charge in [-0.2, -0.15) is 0 Å². The Morgan fingerprint density at radius 3 is 2.50 bits per heavy atom. The fourth-order valence-electron chi connectivity index (χ4n) is 3.74. The molecule has 0 bridgehead atoms. The normalized spacial score (nSPS) is 15.8. The molecule has 3 nitrogen and oxygen atoms in total. The fourth-order valence-corrected chi connectivity index (χ4v) is 3.74. The molecule has 0 saturated carbocycles. The SMILES string of the molecule is c1ccc(CNCc2cn(C3CCNCC3)c3ccccc23)cc1. The van der Waals surface area contributed by atoms with Gasteiger partial charge < -0.3 is 15.2 Å². The quantitative estimate of drug-likeness (QED) is 0.748. The Morgan fingerprint density at radius 2 is 1.67 bits per heavy atom. The van der Waals surface area contributed by atoms with Crippen LogP contribution in [0.3, 0.4) is 0 Å². The van der Waals surface area contributed by atoms with Gasteiger partial charge >= 0.3 is 0 Å². The molecular formula is C21H25N3. The maximum Gasteiger partial charge on any atom is 0.0486 e. The van der Waals surface area contributed by atoms with E-state index in [0.29, 0.717) is 6.04 Å². The predicted octanol–water partition coefficient (Wildman–Crippen LogP) is 3.86. The largest absolute Gasteiger partial charge is 0.344 e. The predicted molar refractivity (Wildman–Crippen MR) is 100 cm³/mol. The molecule has 1 aromatic heterocycles. The van der Waals surface area contributed by atoms with E-state index in [1.165, 1.54) is 34.9 Å². The highest BCUT2D eigenvalue weighted by atomic mass is 15.0. The summed E-state index contributed by atoms with van der Waals surface area (Å²) in [5, 5.41) is 8.45. The number of hydrogen-bond donors (Lipinski definition) is 2. The van der Waals surface area contributed by atoms with Gasteiger partial charge in [0, 0.05) is 36.2 Å². The van der Waals surface area contributed by atoms with E-state index in [-0.39, 0.29) is 0 Å². The number of piperidine rings is 1. The molecule has 0 radical (unpaired) electrons. The minimum atomic E-state index is 0.624. The van der Waals surface area contributed by atoms with Crippen LogP contribution in [-0.2, 0) is 13.1 Å². The van der Waals surface area contributed by atoms with E-state index in [4.69, 9.17) is 0 Å². The highest BCUT2D eigenvalue weighted by molar-refractivity contribution is 5.84. The van der Waals surface area contributed by atoms with Crippen molar-refractivity contribution in [2.75, 3.05) is 13.1 Å². The fraction of sp³-hybridized carbons (Fsp3) is 0.333. The average molecular weight is 319 g/mol. The molecule has 0 atom stereocenters. The molecule has 1 aliphatic rings. The maximum atomic E-state index is 3.60. The number of rotatable bonds is 5. The Bertz CT molecular complexity index is 785. The van der Waals surface area contributed by atoms with Crippen LogP contribution >= 0.6 is 0 Å². The van der Waals surface area contributed by atoms with Crippen LogP contribution in [0.5, 0.6) is 0 Å². The van der Waals surface area contributed by atoms with E-state index in [1.807, 2.05) is 0 Å². The molecule has 0 spiro atoms. The highest BCUT2D eigenvalue weighted by Gasteiger charge is 2.18. The van der Waals surface area contributed by atoms with Gasteiger partial charge in [0.1, 0.15) is 0 Å².